The molecular formula is C12H10F3N. The van der Waals surface area contributed by atoms with E-state index in [4.69, 9.17) is 5.26 Å². The lowest BCUT2D eigenvalue weighted by Crippen LogP contribution is -2.11. The lowest BCUT2D eigenvalue weighted by Gasteiger charge is -2.14. The first-order chi connectivity index (χ1) is 7.41. The molecule has 0 atom stereocenters. The van der Waals surface area contributed by atoms with Crippen LogP contribution in [0.2, 0.25) is 0 Å². The van der Waals surface area contributed by atoms with Crippen LogP contribution in [0.15, 0.2) is 18.2 Å². The summed E-state index contributed by atoms with van der Waals surface area (Å²) in [5.41, 5.74) is -0.627. The van der Waals surface area contributed by atoms with Crippen LogP contribution in [0, 0.1) is 18.3 Å². The van der Waals surface area contributed by atoms with Crippen LogP contribution in [-0.2, 0) is 6.18 Å². The zero-order valence-electron chi connectivity index (χ0n) is 8.89. The van der Waals surface area contributed by atoms with Gasteiger partial charge in [-0.25, -0.2) is 0 Å². The first kappa shape index (κ1) is 12.3. The molecular weight excluding hydrogens is 215 g/mol. The average Bonchev–Trinajstić information content (AvgIpc) is 2.19. The van der Waals surface area contributed by atoms with Gasteiger partial charge in [0.05, 0.1) is 17.2 Å². The lowest BCUT2D eigenvalue weighted by atomic mass is 9.96. The lowest BCUT2D eigenvalue weighted by molar-refractivity contribution is -0.137. The van der Waals surface area contributed by atoms with Crippen LogP contribution in [0.3, 0.4) is 0 Å². The molecule has 0 aliphatic rings. The highest BCUT2D eigenvalue weighted by Crippen LogP contribution is 2.36. The van der Waals surface area contributed by atoms with E-state index in [-0.39, 0.29) is 11.1 Å². The van der Waals surface area contributed by atoms with Crippen LogP contribution >= 0.6 is 0 Å². The number of allylic oxidation sites excluding steroid dienone is 1. The third kappa shape index (κ3) is 2.25. The summed E-state index contributed by atoms with van der Waals surface area (Å²) in [6.45, 7) is 3.23. The molecule has 0 saturated heterocycles. The number of nitriles is 1. The van der Waals surface area contributed by atoms with E-state index in [1.165, 1.54) is 24.3 Å². The van der Waals surface area contributed by atoms with Crippen molar-refractivity contribution in [2.75, 3.05) is 0 Å². The zero-order chi connectivity index (χ0) is 12.3. The molecule has 4 heteroatoms. The van der Waals surface area contributed by atoms with Gasteiger partial charge in [-0.3, -0.25) is 0 Å². The monoisotopic (exact) mass is 225 g/mol. The Balaban J connectivity index is 3.64. The van der Waals surface area contributed by atoms with E-state index >= 15 is 0 Å². The number of hydrogen-bond acceptors (Lipinski definition) is 1. The molecule has 0 aromatic heterocycles. The standard InChI is InChI=1S/C12H10F3N/c1-3-4-10-8(2)5-6-9(7-16)11(10)12(13,14)15/h3-6H,1-2H3/b4-3-. The second-order valence-corrected chi connectivity index (χ2v) is 3.33. The van der Waals surface area contributed by atoms with E-state index < -0.39 is 11.7 Å². The van der Waals surface area contributed by atoms with Gasteiger partial charge in [-0.1, -0.05) is 18.2 Å². The summed E-state index contributed by atoms with van der Waals surface area (Å²) in [4.78, 5) is 0. The number of nitrogens with zero attached hydrogens (tertiary/aromatic N) is 1. The minimum absolute atomic E-state index is 0.0639. The number of halogens is 3. The molecule has 1 aromatic rings. The Kier molecular flexibility index (Phi) is 3.38. The maximum atomic E-state index is 12.8. The summed E-state index contributed by atoms with van der Waals surface area (Å²) in [6, 6.07) is 4.29. The van der Waals surface area contributed by atoms with Crippen molar-refractivity contribution in [2.45, 2.75) is 20.0 Å². The van der Waals surface area contributed by atoms with Gasteiger partial charge in [-0.2, -0.15) is 18.4 Å². The Morgan fingerprint density at radius 2 is 1.94 bits per heavy atom. The van der Waals surface area contributed by atoms with E-state index in [0.29, 0.717) is 5.56 Å². The normalized spacial score (nSPS) is 11.8. The first-order valence-electron chi connectivity index (χ1n) is 4.65. The predicted octanol–water partition coefficient (Wildman–Crippen LogP) is 3.92. The molecule has 0 unspecified atom stereocenters. The van der Waals surface area contributed by atoms with Crippen LogP contribution in [0.25, 0.3) is 6.08 Å². The van der Waals surface area contributed by atoms with Gasteiger partial charge in [0.25, 0.3) is 0 Å². The van der Waals surface area contributed by atoms with Crippen molar-refractivity contribution in [1.82, 2.24) is 0 Å². The number of alkyl halides is 3. The van der Waals surface area contributed by atoms with Gasteiger partial charge in [-0.05, 0) is 31.0 Å². The van der Waals surface area contributed by atoms with Crippen LogP contribution in [0.1, 0.15) is 29.2 Å². The fraction of sp³-hybridized carbons (Fsp3) is 0.250. The van der Waals surface area contributed by atoms with E-state index in [2.05, 4.69) is 0 Å². The van der Waals surface area contributed by atoms with Crippen LogP contribution < -0.4 is 0 Å². The van der Waals surface area contributed by atoms with Gasteiger partial charge in [0, 0.05) is 0 Å². The highest BCUT2D eigenvalue weighted by Gasteiger charge is 2.36. The van der Waals surface area contributed by atoms with Gasteiger partial charge in [0.1, 0.15) is 0 Å². The number of benzene rings is 1. The molecule has 1 nitrogen and oxygen atoms in total. The Bertz CT molecular complexity index is 464. The SMILES string of the molecule is C/C=C\c1c(C)ccc(C#N)c1C(F)(F)F. The molecule has 0 bridgehead atoms. The zero-order valence-corrected chi connectivity index (χ0v) is 8.89. The summed E-state index contributed by atoms with van der Waals surface area (Å²) in [5.74, 6) is 0. The molecule has 84 valence electrons. The van der Waals surface area contributed by atoms with E-state index in [1.807, 2.05) is 0 Å². The summed E-state index contributed by atoms with van der Waals surface area (Å²) in [6.07, 6.45) is -1.61. The Morgan fingerprint density at radius 3 is 2.38 bits per heavy atom. The molecule has 1 aromatic carbocycles. The molecule has 1 rings (SSSR count). The molecule has 0 aliphatic carbocycles. The van der Waals surface area contributed by atoms with Crippen LogP contribution in [0.4, 0.5) is 13.2 Å². The molecule has 16 heavy (non-hydrogen) atoms. The van der Waals surface area contributed by atoms with E-state index in [9.17, 15) is 13.2 Å². The number of rotatable bonds is 1. The fourth-order valence-electron chi connectivity index (χ4n) is 1.50. The highest BCUT2D eigenvalue weighted by atomic mass is 19.4. The van der Waals surface area contributed by atoms with Crippen LogP contribution in [-0.4, -0.2) is 0 Å². The molecule has 0 radical (unpaired) electrons. The minimum atomic E-state index is -4.51. The van der Waals surface area contributed by atoms with E-state index in [0.717, 1.165) is 0 Å². The summed E-state index contributed by atoms with van der Waals surface area (Å²) < 4.78 is 38.4. The largest absolute Gasteiger partial charge is 0.418 e. The van der Waals surface area contributed by atoms with Crippen molar-refractivity contribution in [3.63, 3.8) is 0 Å². The Morgan fingerprint density at radius 1 is 1.31 bits per heavy atom. The van der Waals surface area contributed by atoms with Crippen molar-refractivity contribution in [3.8, 4) is 6.07 Å². The van der Waals surface area contributed by atoms with Gasteiger partial charge in [0.2, 0.25) is 0 Å². The fourth-order valence-corrected chi connectivity index (χ4v) is 1.50. The molecule has 0 aliphatic heterocycles. The summed E-state index contributed by atoms with van der Waals surface area (Å²) in [7, 11) is 0. The van der Waals surface area contributed by atoms with Gasteiger partial charge in [0.15, 0.2) is 0 Å². The Labute approximate surface area is 91.8 Å². The highest BCUT2D eigenvalue weighted by molar-refractivity contribution is 5.62. The molecule has 0 spiro atoms. The Hall–Kier alpha value is -1.76. The third-order valence-electron chi connectivity index (χ3n) is 2.20. The summed E-state index contributed by atoms with van der Waals surface area (Å²) in [5, 5.41) is 8.69. The molecule has 0 fully saturated rings. The first-order valence-corrected chi connectivity index (χ1v) is 4.65. The molecule has 0 N–H and O–H groups in total. The third-order valence-corrected chi connectivity index (χ3v) is 2.20. The minimum Gasteiger partial charge on any atom is -0.192 e. The van der Waals surface area contributed by atoms with Gasteiger partial charge in [-0.15, -0.1) is 0 Å². The van der Waals surface area contributed by atoms with Gasteiger partial charge >= 0.3 is 6.18 Å². The maximum absolute atomic E-state index is 12.8. The van der Waals surface area contributed by atoms with Gasteiger partial charge < -0.3 is 0 Å². The molecule has 0 heterocycles. The quantitative estimate of drug-likeness (QED) is 0.710. The maximum Gasteiger partial charge on any atom is 0.418 e. The second kappa shape index (κ2) is 4.40. The predicted molar refractivity (Wildman–Crippen MR) is 55.6 cm³/mol. The second-order valence-electron chi connectivity index (χ2n) is 3.33. The van der Waals surface area contributed by atoms with Crippen molar-refractivity contribution in [2.24, 2.45) is 0 Å². The summed E-state index contributed by atoms with van der Waals surface area (Å²) >= 11 is 0. The number of hydrogen-bond donors (Lipinski definition) is 0. The van der Waals surface area contributed by atoms with Crippen molar-refractivity contribution in [3.05, 3.63) is 40.5 Å². The topological polar surface area (TPSA) is 23.8 Å². The van der Waals surface area contributed by atoms with Crippen molar-refractivity contribution >= 4 is 6.08 Å². The number of aryl methyl sites for hydroxylation is 1. The molecule has 0 amide bonds. The van der Waals surface area contributed by atoms with Crippen molar-refractivity contribution in [1.29, 1.82) is 5.26 Å². The van der Waals surface area contributed by atoms with Crippen LogP contribution in [0.5, 0.6) is 0 Å². The van der Waals surface area contributed by atoms with Crippen molar-refractivity contribution < 1.29 is 13.2 Å². The van der Waals surface area contributed by atoms with E-state index in [1.54, 1.807) is 19.9 Å². The smallest absolute Gasteiger partial charge is 0.192 e. The molecule has 0 saturated carbocycles. The average molecular weight is 225 g/mol.